The van der Waals surface area contributed by atoms with Gasteiger partial charge in [-0.25, -0.2) is 0 Å². The van der Waals surface area contributed by atoms with Crippen LogP contribution in [0.25, 0.3) is 0 Å². The number of hydrogen-bond donors (Lipinski definition) is 1. The van der Waals surface area contributed by atoms with E-state index in [1.165, 1.54) is 0 Å². The van der Waals surface area contributed by atoms with E-state index in [0.29, 0.717) is 31.5 Å². The van der Waals surface area contributed by atoms with Crippen molar-refractivity contribution in [1.29, 1.82) is 0 Å². The van der Waals surface area contributed by atoms with Crippen molar-refractivity contribution >= 4 is 17.5 Å². The first-order valence-electron chi connectivity index (χ1n) is 5.79. The van der Waals surface area contributed by atoms with Gasteiger partial charge in [-0.05, 0) is 6.92 Å². The summed E-state index contributed by atoms with van der Waals surface area (Å²) < 4.78 is 6.91. The molecule has 2 N–H and O–H groups in total. The molecule has 1 aromatic rings. The molecule has 2 rings (SSSR count). The normalized spacial score (nSPS) is 21.2. The van der Waals surface area contributed by atoms with Gasteiger partial charge in [0.25, 0.3) is 0 Å². The fourth-order valence-corrected chi connectivity index (χ4v) is 2.38. The van der Waals surface area contributed by atoms with Crippen molar-refractivity contribution in [3.8, 4) is 0 Å². The Balaban J connectivity index is 2.18. The number of nitrogens with zero attached hydrogens (tertiary/aromatic N) is 3. The molecule has 18 heavy (non-hydrogen) atoms. The van der Waals surface area contributed by atoms with Crippen LogP contribution in [-0.2, 0) is 23.1 Å². The zero-order valence-electron chi connectivity index (χ0n) is 10.5. The van der Waals surface area contributed by atoms with Gasteiger partial charge in [0, 0.05) is 25.7 Å². The Morgan fingerprint density at radius 3 is 2.94 bits per heavy atom. The van der Waals surface area contributed by atoms with Crippen molar-refractivity contribution in [1.82, 2.24) is 14.7 Å². The quantitative estimate of drug-likeness (QED) is 0.845. The topological polar surface area (TPSA) is 73.4 Å². The SMILES string of the molecule is Cc1nn(C)c(Cl)c1CN1CCOCC1C(N)=O. The maximum Gasteiger partial charge on any atom is 0.237 e. The van der Waals surface area contributed by atoms with E-state index in [9.17, 15) is 4.79 Å². The Bertz CT molecular complexity index is 460. The molecule has 1 atom stereocenters. The van der Waals surface area contributed by atoms with Crippen LogP contribution in [0.3, 0.4) is 0 Å². The Morgan fingerprint density at radius 2 is 2.39 bits per heavy atom. The van der Waals surface area contributed by atoms with Crippen molar-refractivity contribution in [2.45, 2.75) is 19.5 Å². The predicted molar refractivity (Wildman–Crippen MR) is 67.2 cm³/mol. The Labute approximate surface area is 111 Å². The lowest BCUT2D eigenvalue weighted by atomic mass is 10.1. The fourth-order valence-electron chi connectivity index (χ4n) is 2.15. The van der Waals surface area contributed by atoms with E-state index in [-0.39, 0.29) is 5.91 Å². The summed E-state index contributed by atoms with van der Waals surface area (Å²) in [6.07, 6.45) is 0. The minimum atomic E-state index is -0.394. The second-order valence-corrected chi connectivity index (χ2v) is 4.80. The highest BCUT2D eigenvalue weighted by atomic mass is 35.5. The number of primary amides is 1. The van der Waals surface area contributed by atoms with Crippen molar-refractivity contribution in [2.24, 2.45) is 12.8 Å². The van der Waals surface area contributed by atoms with Crippen LogP contribution in [0.2, 0.25) is 5.15 Å². The molecule has 1 saturated heterocycles. The lowest BCUT2D eigenvalue weighted by Gasteiger charge is -2.33. The van der Waals surface area contributed by atoms with Crippen LogP contribution in [0.5, 0.6) is 0 Å². The molecule has 1 fully saturated rings. The maximum atomic E-state index is 11.4. The molecule has 0 aliphatic carbocycles. The molecule has 1 unspecified atom stereocenters. The van der Waals surface area contributed by atoms with Crippen LogP contribution in [-0.4, -0.2) is 46.4 Å². The third-order valence-corrected chi connectivity index (χ3v) is 3.67. The second-order valence-electron chi connectivity index (χ2n) is 4.44. The molecule has 0 spiro atoms. The zero-order valence-corrected chi connectivity index (χ0v) is 11.3. The van der Waals surface area contributed by atoms with E-state index < -0.39 is 6.04 Å². The molecular formula is C11H17ClN4O2. The molecule has 7 heteroatoms. The zero-order chi connectivity index (χ0) is 13.3. The molecule has 1 amide bonds. The predicted octanol–water partition coefficient (Wildman–Crippen LogP) is 0.0680. The first-order chi connectivity index (χ1) is 8.50. The van der Waals surface area contributed by atoms with E-state index in [4.69, 9.17) is 22.1 Å². The first-order valence-corrected chi connectivity index (χ1v) is 6.17. The van der Waals surface area contributed by atoms with Crippen LogP contribution in [0, 0.1) is 6.92 Å². The number of hydrogen-bond acceptors (Lipinski definition) is 4. The Kier molecular flexibility index (Phi) is 3.89. The summed E-state index contributed by atoms with van der Waals surface area (Å²) in [5.41, 5.74) is 7.19. The van der Waals surface area contributed by atoms with Crippen LogP contribution in [0.1, 0.15) is 11.3 Å². The second kappa shape index (κ2) is 5.26. The number of ether oxygens (including phenoxy) is 1. The fraction of sp³-hybridized carbons (Fsp3) is 0.636. The average molecular weight is 273 g/mol. The summed E-state index contributed by atoms with van der Waals surface area (Å²) in [6.45, 7) is 4.07. The first kappa shape index (κ1) is 13.3. The maximum absolute atomic E-state index is 11.4. The van der Waals surface area contributed by atoms with E-state index in [1.807, 2.05) is 11.8 Å². The summed E-state index contributed by atoms with van der Waals surface area (Å²) >= 11 is 6.19. The standard InChI is InChI=1S/C11H17ClN4O2/c1-7-8(10(12)15(2)14-7)5-16-3-4-18-6-9(16)11(13)17/h9H,3-6H2,1-2H3,(H2,13,17). The summed E-state index contributed by atoms with van der Waals surface area (Å²) in [5, 5.41) is 4.86. The highest BCUT2D eigenvalue weighted by Crippen LogP contribution is 2.22. The number of morpholine rings is 1. The van der Waals surface area contributed by atoms with Gasteiger partial charge < -0.3 is 10.5 Å². The monoisotopic (exact) mass is 272 g/mol. The molecule has 0 bridgehead atoms. The third-order valence-electron chi connectivity index (χ3n) is 3.20. The van der Waals surface area contributed by atoms with Gasteiger partial charge in [-0.3, -0.25) is 14.4 Å². The van der Waals surface area contributed by atoms with E-state index in [1.54, 1.807) is 11.7 Å². The van der Waals surface area contributed by atoms with Crippen molar-refractivity contribution in [2.75, 3.05) is 19.8 Å². The summed E-state index contributed by atoms with van der Waals surface area (Å²) in [4.78, 5) is 13.4. The number of aryl methyl sites for hydroxylation is 2. The van der Waals surface area contributed by atoms with Crippen molar-refractivity contribution in [3.63, 3.8) is 0 Å². The summed E-state index contributed by atoms with van der Waals surface area (Å²) in [7, 11) is 1.80. The van der Waals surface area contributed by atoms with Gasteiger partial charge in [0.1, 0.15) is 11.2 Å². The average Bonchev–Trinajstić information content (AvgIpc) is 2.56. The van der Waals surface area contributed by atoms with E-state index in [0.717, 1.165) is 11.3 Å². The minimum Gasteiger partial charge on any atom is -0.378 e. The number of amides is 1. The molecular weight excluding hydrogens is 256 g/mol. The highest BCUT2D eigenvalue weighted by molar-refractivity contribution is 6.30. The molecule has 1 aromatic heterocycles. The van der Waals surface area contributed by atoms with Gasteiger partial charge in [-0.15, -0.1) is 0 Å². The van der Waals surface area contributed by atoms with Gasteiger partial charge in [-0.2, -0.15) is 5.10 Å². The molecule has 1 aliphatic heterocycles. The van der Waals surface area contributed by atoms with Crippen molar-refractivity contribution in [3.05, 3.63) is 16.4 Å². The molecule has 100 valence electrons. The molecule has 0 aromatic carbocycles. The molecule has 6 nitrogen and oxygen atoms in total. The largest absolute Gasteiger partial charge is 0.378 e. The molecule has 2 heterocycles. The smallest absolute Gasteiger partial charge is 0.237 e. The lowest BCUT2D eigenvalue weighted by Crippen LogP contribution is -2.51. The van der Waals surface area contributed by atoms with Crippen LogP contribution >= 0.6 is 11.6 Å². The highest BCUT2D eigenvalue weighted by Gasteiger charge is 2.29. The van der Waals surface area contributed by atoms with Crippen molar-refractivity contribution < 1.29 is 9.53 Å². The minimum absolute atomic E-state index is 0.340. The van der Waals surface area contributed by atoms with Crippen LogP contribution in [0.15, 0.2) is 0 Å². The van der Waals surface area contributed by atoms with E-state index in [2.05, 4.69) is 5.10 Å². The Morgan fingerprint density at radius 1 is 1.67 bits per heavy atom. The van der Waals surface area contributed by atoms with Gasteiger partial charge in [0.2, 0.25) is 5.91 Å². The Hall–Kier alpha value is -1.11. The van der Waals surface area contributed by atoms with Gasteiger partial charge >= 0.3 is 0 Å². The number of carbonyl (C=O) groups is 1. The lowest BCUT2D eigenvalue weighted by molar-refractivity contribution is -0.129. The van der Waals surface area contributed by atoms with Gasteiger partial charge in [-0.1, -0.05) is 11.6 Å². The van der Waals surface area contributed by atoms with Gasteiger partial charge in [0.15, 0.2) is 0 Å². The third kappa shape index (κ3) is 2.50. The molecule has 1 aliphatic rings. The van der Waals surface area contributed by atoms with E-state index >= 15 is 0 Å². The van der Waals surface area contributed by atoms with Crippen LogP contribution < -0.4 is 5.73 Å². The number of carbonyl (C=O) groups excluding carboxylic acids is 1. The molecule has 0 radical (unpaired) electrons. The number of aromatic nitrogens is 2. The summed E-state index contributed by atoms with van der Waals surface area (Å²) in [6, 6.07) is -0.394. The molecule has 0 saturated carbocycles. The summed E-state index contributed by atoms with van der Waals surface area (Å²) in [5.74, 6) is -0.368. The van der Waals surface area contributed by atoms with Crippen LogP contribution in [0.4, 0.5) is 0 Å². The van der Waals surface area contributed by atoms with Gasteiger partial charge in [0.05, 0.1) is 18.9 Å². The number of nitrogens with two attached hydrogens (primary N) is 1. The number of halogens is 1. The number of rotatable bonds is 3.